The minimum absolute atomic E-state index is 0.0664. The van der Waals surface area contributed by atoms with Crippen LogP contribution in [0.4, 0.5) is 23.7 Å². The summed E-state index contributed by atoms with van der Waals surface area (Å²) in [5, 5.41) is 5.11. The van der Waals surface area contributed by atoms with Gasteiger partial charge < -0.3 is 15.4 Å². The van der Waals surface area contributed by atoms with Gasteiger partial charge in [-0.25, -0.2) is 4.79 Å². The first kappa shape index (κ1) is 22.9. The first-order valence-corrected chi connectivity index (χ1v) is 10.4. The van der Waals surface area contributed by atoms with Crippen LogP contribution in [0.25, 0.3) is 0 Å². The van der Waals surface area contributed by atoms with Crippen molar-refractivity contribution in [3.8, 4) is 5.75 Å². The number of alkyl halides is 3. The molecule has 1 spiro atoms. The number of urea groups is 1. The van der Waals surface area contributed by atoms with Gasteiger partial charge in [0.25, 0.3) is 5.91 Å². The van der Waals surface area contributed by atoms with Crippen LogP contribution >= 0.6 is 0 Å². The molecular formula is C21H26F3N3O4. The number of hydrogen-bond acceptors (Lipinski definition) is 4. The SMILES string of the molecule is CCCOc1ccc(C(F)(F)F)cc1NC(=O)CN1C(=O)NC2(CCCCC2C)C1=O. The lowest BCUT2D eigenvalue weighted by atomic mass is 9.73. The lowest BCUT2D eigenvalue weighted by Crippen LogP contribution is -2.54. The number of benzene rings is 1. The number of anilines is 1. The van der Waals surface area contributed by atoms with Crippen molar-refractivity contribution in [1.82, 2.24) is 10.2 Å². The number of amides is 4. The zero-order valence-corrected chi connectivity index (χ0v) is 17.5. The van der Waals surface area contributed by atoms with Crippen LogP contribution in [-0.2, 0) is 15.8 Å². The minimum atomic E-state index is -4.60. The molecule has 1 saturated heterocycles. The van der Waals surface area contributed by atoms with Crippen LogP contribution in [0.5, 0.6) is 5.75 Å². The average Bonchev–Trinajstić information content (AvgIpc) is 2.93. The summed E-state index contributed by atoms with van der Waals surface area (Å²) in [6.45, 7) is 3.38. The number of nitrogens with one attached hydrogen (secondary N) is 2. The van der Waals surface area contributed by atoms with E-state index >= 15 is 0 Å². The van der Waals surface area contributed by atoms with Crippen molar-refractivity contribution in [3.05, 3.63) is 23.8 Å². The van der Waals surface area contributed by atoms with Crippen molar-refractivity contribution in [1.29, 1.82) is 0 Å². The highest BCUT2D eigenvalue weighted by Gasteiger charge is 2.55. The van der Waals surface area contributed by atoms with E-state index in [4.69, 9.17) is 4.74 Å². The Morgan fingerprint density at radius 3 is 2.71 bits per heavy atom. The fourth-order valence-corrected chi connectivity index (χ4v) is 4.11. The average molecular weight is 441 g/mol. The van der Waals surface area contributed by atoms with Crippen LogP contribution in [0.3, 0.4) is 0 Å². The summed E-state index contributed by atoms with van der Waals surface area (Å²) in [6, 6.07) is 2.12. The topological polar surface area (TPSA) is 87.7 Å². The molecule has 0 radical (unpaired) electrons. The lowest BCUT2D eigenvalue weighted by molar-refractivity contribution is -0.137. The predicted octanol–water partition coefficient (Wildman–Crippen LogP) is 3.93. The Labute approximate surface area is 178 Å². The Hall–Kier alpha value is -2.78. The maximum Gasteiger partial charge on any atom is 0.416 e. The molecule has 2 aliphatic rings. The Morgan fingerprint density at radius 1 is 1.32 bits per heavy atom. The predicted molar refractivity (Wildman–Crippen MR) is 106 cm³/mol. The van der Waals surface area contributed by atoms with Gasteiger partial charge in [0, 0.05) is 0 Å². The standard InChI is InChI=1S/C21H26F3N3O4/c1-3-10-31-16-8-7-14(21(22,23)24)11-15(16)25-17(28)12-27-18(29)20(26-19(27)30)9-5-4-6-13(20)2/h7-8,11,13H,3-6,9-10,12H2,1-2H3,(H,25,28)(H,26,30). The van der Waals surface area contributed by atoms with E-state index in [9.17, 15) is 27.6 Å². The number of imide groups is 1. The van der Waals surface area contributed by atoms with Gasteiger partial charge in [-0.1, -0.05) is 26.7 Å². The molecular weight excluding hydrogens is 415 g/mol. The molecule has 1 aliphatic heterocycles. The van der Waals surface area contributed by atoms with E-state index in [0.717, 1.165) is 42.4 Å². The number of nitrogens with zero attached hydrogens (tertiary/aromatic N) is 1. The van der Waals surface area contributed by atoms with Crippen molar-refractivity contribution in [2.24, 2.45) is 5.92 Å². The fourth-order valence-electron chi connectivity index (χ4n) is 4.11. The van der Waals surface area contributed by atoms with Crippen LogP contribution in [0.2, 0.25) is 0 Å². The third-order valence-electron chi connectivity index (χ3n) is 5.85. The molecule has 2 unspecified atom stereocenters. The molecule has 2 N–H and O–H groups in total. The first-order valence-electron chi connectivity index (χ1n) is 10.4. The molecule has 0 bridgehead atoms. The molecule has 2 atom stereocenters. The molecule has 31 heavy (non-hydrogen) atoms. The molecule has 3 rings (SSSR count). The number of rotatable bonds is 6. The fraction of sp³-hybridized carbons (Fsp3) is 0.571. The van der Waals surface area contributed by atoms with Gasteiger partial charge in [-0.05, 0) is 43.4 Å². The van der Waals surface area contributed by atoms with Gasteiger partial charge in [0.05, 0.1) is 17.9 Å². The van der Waals surface area contributed by atoms with E-state index in [2.05, 4.69) is 10.6 Å². The van der Waals surface area contributed by atoms with Gasteiger partial charge in [-0.2, -0.15) is 13.2 Å². The Balaban J connectivity index is 1.77. The summed E-state index contributed by atoms with van der Waals surface area (Å²) in [6.07, 6.45) is -0.941. The molecule has 2 fully saturated rings. The third-order valence-corrected chi connectivity index (χ3v) is 5.85. The highest BCUT2D eigenvalue weighted by molar-refractivity contribution is 6.10. The molecule has 1 aromatic carbocycles. The largest absolute Gasteiger partial charge is 0.491 e. The molecule has 4 amide bonds. The summed E-state index contributed by atoms with van der Waals surface area (Å²) in [7, 11) is 0. The van der Waals surface area contributed by atoms with E-state index in [0.29, 0.717) is 12.8 Å². The minimum Gasteiger partial charge on any atom is -0.491 e. The number of halogens is 3. The van der Waals surface area contributed by atoms with Crippen LogP contribution in [0.15, 0.2) is 18.2 Å². The highest BCUT2D eigenvalue weighted by Crippen LogP contribution is 2.38. The maximum absolute atomic E-state index is 13.1. The van der Waals surface area contributed by atoms with Gasteiger partial charge in [-0.15, -0.1) is 0 Å². The Kier molecular flexibility index (Phi) is 6.47. The van der Waals surface area contributed by atoms with Gasteiger partial charge in [-0.3, -0.25) is 14.5 Å². The number of carbonyl (C=O) groups is 3. The van der Waals surface area contributed by atoms with Gasteiger partial charge in [0.15, 0.2) is 0 Å². The summed E-state index contributed by atoms with van der Waals surface area (Å²) in [5.41, 5.74) is -2.13. The molecule has 1 saturated carbocycles. The van der Waals surface area contributed by atoms with Gasteiger partial charge in [0.1, 0.15) is 17.8 Å². The zero-order valence-electron chi connectivity index (χ0n) is 17.5. The molecule has 1 heterocycles. The second-order valence-electron chi connectivity index (χ2n) is 8.04. The van der Waals surface area contributed by atoms with E-state index < -0.39 is 41.7 Å². The van der Waals surface area contributed by atoms with Crippen LogP contribution in [0, 0.1) is 5.92 Å². The van der Waals surface area contributed by atoms with Crippen molar-refractivity contribution >= 4 is 23.5 Å². The molecule has 7 nitrogen and oxygen atoms in total. The van der Waals surface area contributed by atoms with Crippen molar-refractivity contribution in [3.63, 3.8) is 0 Å². The Morgan fingerprint density at radius 2 is 2.06 bits per heavy atom. The summed E-state index contributed by atoms with van der Waals surface area (Å²) >= 11 is 0. The van der Waals surface area contributed by atoms with Crippen molar-refractivity contribution in [2.45, 2.75) is 57.7 Å². The number of ether oxygens (including phenoxy) is 1. The Bertz CT molecular complexity index is 874. The van der Waals surface area contributed by atoms with Crippen LogP contribution in [-0.4, -0.2) is 41.4 Å². The first-order chi connectivity index (χ1) is 14.6. The summed E-state index contributed by atoms with van der Waals surface area (Å²) in [5.74, 6) is -1.24. The van der Waals surface area contributed by atoms with Crippen LogP contribution in [0.1, 0.15) is 51.5 Å². The molecule has 0 aromatic heterocycles. The second kappa shape index (κ2) is 8.76. The van der Waals surface area contributed by atoms with Crippen molar-refractivity contribution < 1.29 is 32.3 Å². The lowest BCUT2D eigenvalue weighted by Gasteiger charge is -2.36. The quantitative estimate of drug-likeness (QED) is 0.655. The van der Waals surface area contributed by atoms with E-state index in [1.807, 2.05) is 13.8 Å². The van der Waals surface area contributed by atoms with Gasteiger partial charge in [0.2, 0.25) is 5.91 Å². The van der Waals surface area contributed by atoms with E-state index in [1.54, 1.807) is 0 Å². The molecule has 1 aromatic rings. The molecule has 170 valence electrons. The van der Waals surface area contributed by atoms with Crippen LogP contribution < -0.4 is 15.4 Å². The number of hydrogen-bond donors (Lipinski definition) is 2. The molecule has 10 heteroatoms. The third kappa shape index (κ3) is 4.62. The van der Waals surface area contributed by atoms with E-state index in [-0.39, 0.29) is 24.0 Å². The maximum atomic E-state index is 13.1. The zero-order chi connectivity index (χ0) is 22.8. The monoisotopic (exact) mass is 441 g/mol. The van der Waals surface area contributed by atoms with Crippen molar-refractivity contribution in [2.75, 3.05) is 18.5 Å². The number of carbonyl (C=O) groups excluding carboxylic acids is 3. The summed E-state index contributed by atoms with van der Waals surface area (Å²) < 4.78 is 44.7. The smallest absolute Gasteiger partial charge is 0.416 e. The second-order valence-corrected chi connectivity index (χ2v) is 8.04. The highest BCUT2D eigenvalue weighted by atomic mass is 19.4. The van der Waals surface area contributed by atoms with E-state index in [1.165, 1.54) is 0 Å². The van der Waals surface area contributed by atoms with Gasteiger partial charge >= 0.3 is 12.2 Å². The normalized spacial score (nSPS) is 23.8. The summed E-state index contributed by atoms with van der Waals surface area (Å²) in [4.78, 5) is 38.8. The molecule has 1 aliphatic carbocycles.